The Labute approximate surface area is 188 Å². The van der Waals surface area contributed by atoms with Crippen molar-refractivity contribution in [2.75, 3.05) is 19.6 Å². The summed E-state index contributed by atoms with van der Waals surface area (Å²) in [6.45, 7) is 5.23. The van der Waals surface area contributed by atoms with Crippen LogP contribution in [0.1, 0.15) is 52.5 Å². The van der Waals surface area contributed by atoms with Gasteiger partial charge in [0.1, 0.15) is 11.9 Å². The summed E-state index contributed by atoms with van der Waals surface area (Å²) in [4.78, 5) is 39.9. The number of hydrogen-bond donors (Lipinski definition) is 2. The number of hydrogen-bond acceptors (Lipinski definition) is 3. The van der Waals surface area contributed by atoms with Crippen molar-refractivity contribution < 1.29 is 18.8 Å². The largest absolute Gasteiger partial charge is 0.354 e. The van der Waals surface area contributed by atoms with Crippen LogP contribution >= 0.6 is 0 Å². The van der Waals surface area contributed by atoms with Gasteiger partial charge in [-0.15, -0.1) is 0 Å². The summed E-state index contributed by atoms with van der Waals surface area (Å²) < 4.78 is 14.0. The summed E-state index contributed by atoms with van der Waals surface area (Å²) in [6.07, 6.45) is 1.87. The average Bonchev–Trinajstić information content (AvgIpc) is 2.81. The lowest BCUT2D eigenvalue weighted by Gasteiger charge is -2.36. The number of nitrogens with zero attached hydrogens (tertiary/aromatic N) is 1. The first-order valence-corrected chi connectivity index (χ1v) is 11.1. The molecule has 0 aliphatic carbocycles. The highest BCUT2D eigenvalue weighted by atomic mass is 19.1. The van der Waals surface area contributed by atoms with Crippen molar-refractivity contribution in [3.8, 4) is 0 Å². The van der Waals surface area contributed by atoms with Gasteiger partial charge < -0.3 is 15.5 Å². The maximum Gasteiger partial charge on any atom is 0.256 e. The summed E-state index contributed by atoms with van der Waals surface area (Å²) in [5, 5.41) is 5.78. The van der Waals surface area contributed by atoms with E-state index in [1.54, 1.807) is 29.2 Å². The first-order valence-electron chi connectivity index (χ1n) is 11.1. The van der Waals surface area contributed by atoms with E-state index in [0.717, 1.165) is 12.0 Å². The number of halogens is 1. The highest BCUT2D eigenvalue weighted by Gasteiger charge is 2.34. The average molecular weight is 440 g/mol. The van der Waals surface area contributed by atoms with E-state index < -0.39 is 11.9 Å². The lowest BCUT2D eigenvalue weighted by Crippen LogP contribution is -2.54. The summed E-state index contributed by atoms with van der Waals surface area (Å²) in [6, 6.07) is 12.4. The molecule has 2 aromatic carbocycles. The fraction of sp³-hybridized carbons (Fsp3) is 0.400. The van der Waals surface area contributed by atoms with Crippen molar-refractivity contribution in [3.63, 3.8) is 0 Å². The summed E-state index contributed by atoms with van der Waals surface area (Å²) in [7, 11) is 0. The standard InChI is InChI=1S/C25H30FN3O3/c1-3-14-27-24(31)22(28-23(30)19-10-8-17(2)9-11-19)18-12-15-29(16-13-18)25(32)20-6-4-5-7-21(20)26/h4-11,18,22H,3,12-16H2,1-2H3,(H,27,31)(H,28,30)/t22-/m0/s1. The number of nitrogens with one attached hydrogen (secondary N) is 2. The van der Waals surface area contributed by atoms with Crippen LogP contribution in [-0.2, 0) is 4.79 Å². The Kier molecular flexibility index (Phi) is 7.98. The number of aryl methyl sites for hydroxylation is 1. The molecule has 0 saturated carbocycles. The van der Waals surface area contributed by atoms with E-state index in [2.05, 4.69) is 10.6 Å². The van der Waals surface area contributed by atoms with Gasteiger partial charge in [0, 0.05) is 25.2 Å². The third kappa shape index (κ3) is 5.72. The smallest absolute Gasteiger partial charge is 0.256 e. The van der Waals surface area contributed by atoms with E-state index in [4.69, 9.17) is 0 Å². The molecule has 0 bridgehead atoms. The topological polar surface area (TPSA) is 78.5 Å². The predicted molar refractivity (Wildman–Crippen MR) is 121 cm³/mol. The molecule has 1 saturated heterocycles. The zero-order valence-electron chi connectivity index (χ0n) is 18.6. The number of rotatable bonds is 7. The first-order chi connectivity index (χ1) is 15.4. The maximum absolute atomic E-state index is 14.0. The molecule has 7 heteroatoms. The summed E-state index contributed by atoms with van der Waals surface area (Å²) >= 11 is 0. The molecule has 0 radical (unpaired) electrons. The van der Waals surface area contributed by atoms with Gasteiger partial charge in [0.2, 0.25) is 5.91 Å². The third-order valence-electron chi connectivity index (χ3n) is 5.83. The van der Waals surface area contributed by atoms with Gasteiger partial charge in [-0.1, -0.05) is 36.8 Å². The Hall–Kier alpha value is -3.22. The fourth-order valence-electron chi connectivity index (χ4n) is 3.93. The number of carbonyl (C=O) groups excluding carboxylic acids is 3. The van der Waals surface area contributed by atoms with Crippen molar-refractivity contribution in [1.29, 1.82) is 0 Å². The number of benzene rings is 2. The van der Waals surface area contributed by atoms with Crippen molar-refractivity contribution in [3.05, 3.63) is 71.0 Å². The van der Waals surface area contributed by atoms with E-state index in [1.165, 1.54) is 12.1 Å². The second-order valence-corrected chi connectivity index (χ2v) is 8.22. The predicted octanol–water partition coefficient (Wildman–Crippen LogP) is 3.31. The first kappa shape index (κ1) is 23.4. The molecule has 1 heterocycles. The molecule has 6 nitrogen and oxygen atoms in total. The Balaban J connectivity index is 1.68. The second-order valence-electron chi connectivity index (χ2n) is 8.22. The number of carbonyl (C=O) groups is 3. The molecular weight excluding hydrogens is 409 g/mol. The molecule has 0 aromatic heterocycles. The zero-order chi connectivity index (χ0) is 23.1. The lowest BCUT2D eigenvalue weighted by atomic mass is 9.88. The van der Waals surface area contributed by atoms with Gasteiger partial charge in [0.05, 0.1) is 5.56 Å². The van der Waals surface area contributed by atoms with Gasteiger partial charge in [0.15, 0.2) is 0 Å². The minimum atomic E-state index is -0.693. The molecule has 2 N–H and O–H groups in total. The third-order valence-corrected chi connectivity index (χ3v) is 5.83. The van der Waals surface area contributed by atoms with Gasteiger partial charge in [-0.25, -0.2) is 4.39 Å². The molecule has 1 fully saturated rings. The molecule has 3 rings (SSSR count). The van der Waals surface area contributed by atoms with Crippen LogP contribution in [0.5, 0.6) is 0 Å². The van der Waals surface area contributed by atoms with Gasteiger partial charge in [0.25, 0.3) is 11.8 Å². The SMILES string of the molecule is CCCNC(=O)[C@@H](NC(=O)c1ccc(C)cc1)C1CCN(C(=O)c2ccccc2F)CC1. The van der Waals surface area contributed by atoms with E-state index >= 15 is 0 Å². The molecule has 3 amide bonds. The van der Waals surface area contributed by atoms with E-state index in [0.29, 0.717) is 38.0 Å². The second kappa shape index (κ2) is 10.9. The number of piperidine rings is 1. The van der Waals surface area contributed by atoms with Crippen molar-refractivity contribution >= 4 is 17.7 Å². The summed E-state index contributed by atoms with van der Waals surface area (Å²) in [5.74, 6) is -1.53. The summed E-state index contributed by atoms with van der Waals surface area (Å²) in [5.41, 5.74) is 1.60. The normalized spacial score (nSPS) is 15.2. The van der Waals surface area contributed by atoms with Crippen LogP contribution in [0.2, 0.25) is 0 Å². The van der Waals surface area contributed by atoms with Crippen LogP contribution in [0.15, 0.2) is 48.5 Å². The van der Waals surface area contributed by atoms with Crippen LogP contribution in [0.25, 0.3) is 0 Å². The van der Waals surface area contributed by atoms with Crippen molar-refractivity contribution in [2.24, 2.45) is 5.92 Å². The minimum absolute atomic E-state index is 0.0517. The zero-order valence-corrected chi connectivity index (χ0v) is 18.6. The molecule has 170 valence electrons. The minimum Gasteiger partial charge on any atom is -0.354 e. The van der Waals surface area contributed by atoms with Crippen LogP contribution in [0.3, 0.4) is 0 Å². The number of amides is 3. The molecule has 1 aliphatic heterocycles. The van der Waals surface area contributed by atoms with Crippen LogP contribution in [-0.4, -0.2) is 48.3 Å². The van der Waals surface area contributed by atoms with Crippen LogP contribution in [0.4, 0.5) is 4.39 Å². The van der Waals surface area contributed by atoms with Gasteiger partial charge in [-0.05, 0) is 56.4 Å². The highest BCUT2D eigenvalue weighted by Crippen LogP contribution is 2.23. The molecule has 0 unspecified atom stereocenters. The maximum atomic E-state index is 14.0. The number of likely N-dealkylation sites (tertiary alicyclic amines) is 1. The quantitative estimate of drug-likeness (QED) is 0.695. The Bertz CT molecular complexity index is 953. The lowest BCUT2D eigenvalue weighted by molar-refractivity contribution is -0.124. The highest BCUT2D eigenvalue weighted by molar-refractivity contribution is 5.98. The van der Waals surface area contributed by atoms with Gasteiger partial charge in [-0.3, -0.25) is 14.4 Å². The van der Waals surface area contributed by atoms with Crippen LogP contribution < -0.4 is 10.6 Å². The van der Waals surface area contributed by atoms with E-state index in [1.807, 2.05) is 26.0 Å². The van der Waals surface area contributed by atoms with E-state index in [9.17, 15) is 18.8 Å². The molecule has 2 aromatic rings. The van der Waals surface area contributed by atoms with Crippen LogP contribution in [0, 0.1) is 18.7 Å². The Morgan fingerprint density at radius 2 is 1.72 bits per heavy atom. The van der Waals surface area contributed by atoms with Crippen molar-refractivity contribution in [1.82, 2.24) is 15.5 Å². The molecule has 1 aliphatic rings. The Morgan fingerprint density at radius 1 is 1.06 bits per heavy atom. The molecule has 0 spiro atoms. The molecule has 32 heavy (non-hydrogen) atoms. The van der Waals surface area contributed by atoms with Crippen molar-refractivity contribution in [2.45, 2.75) is 39.2 Å². The fourth-order valence-corrected chi connectivity index (χ4v) is 3.93. The van der Waals surface area contributed by atoms with Gasteiger partial charge >= 0.3 is 0 Å². The monoisotopic (exact) mass is 439 g/mol. The van der Waals surface area contributed by atoms with Gasteiger partial charge in [-0.2, -0.15) is 0 Å². The molecule has 1 atom stereocenters. The Morgan fingerprint density at radius 3 is 2.34 bits per heavy atom. The van der Waals surface area contributed by atoms with E-state index in [-0.39, 0.29) is 29.2 Å². The molecular formula is C25H30FN3O3.